The Morgan fingerprint density at radius 3 is 2.76 bits per heavy atom. The smallest absolute Gasteiger partial charge is 0.292 e. The zero-order valence-corrected chi connectivity index (χ0v) is 14.2. The Bertz CT molecular complexity index is 769. The van der Waals surface area contributed by atoms with Crippen molar-refractivity contribution >= 4 is 11.8 Å². The van der Waals surface area contributed by atoms with Crippen LogP contribution in [0.1, 0.15) is 23.9 Å². The summed E-state index contributed by atoms with van der Waals surface area (Å²) in [6.07, 6.45) is 2.09. The highest BCUT2D eigenvalue weighted by molar-refractivity contribution is 5.93. The molecule has 0 N–H and O–H groups in total. The molecule has 0 bridgehead atoms. The molecule has 1 atom stereocenters. The van der Waals surface area contributed by atoms with Crippen LogP contribution in [0.25, 0.3) is 11.3 Å². The lowest BCUT2D eigenvalue weighted by atomic mass is 10.1. The van der Waals surface area contributed by atoms with Crippen molar-refractivity contribution in [3.05, 3.63) is 54.8 Å². The van der Waals surface area contributed by atoms with Gasteiger partial charge in [0.1, 0.15) is 5.69 Å². The van der Waals surface area contributed by atoms with Crippen LogP contribution in [0.15, 0.2) is 53.6 Å². The molecule has 2 aromatic rings. The van der Waals surface area contributed by atoms with E-state index in [9.17, 15) is 9.59 Å². The van der Waals surface area contributed by atoms with Crippen molar-refractivity contribution in [1.82, 2.24) is 15.0 Å². The predicted octanol–water partition coefficient (Wildman–Crippen LogP) is 2.59. The fourth-order valence-electron chi connectivity index (χ4n) is 3.07. The van der Waals surface area contributed by atoms with E-state index in [0.29, 0.717) is 25.3 Å². The van der Waals surface area contributed by atoms with Gasteiger partial charge in [-0.2, -0.15) is 0 Å². The summed E-state index contributed by atoms with van der Waals surface area (Å²) in [4.78, 5) is 28.1. The van der Waals surface area contributed by atoms with Gasteiger partial charge in [0, 0.05) is 37.3 Å². The quantitative estimate of drug-likeness (QED) is 0.803. The van der Waals surface area contributed by atoms with Gasteiger partial charge in [-0.1, -0.05) is 49.0 Å². The summed E-state index contributed by atoms with van der Waals surface area (Å²) in [5, 5.41) is 4.00. The summed E-state index contributed by atoms with van der Waals surface area (Å²) >= 11 is 0. The number of amides is 2. The number of piperazine rings is 1. The molecular weight excluding hydrogens is 318 g/mol. The Labute approximate surface area is 146 Å². The third-order valence-corrected chi connectivity index (χ3v) is 4.49. The van der Waals surface area contributed by atoms with Gasteiger partial charge < -0.3 is 14.3 Å². The van der Waals surface area contributed by atoms with Gasteiger partial charge in [-0.25, -0.2) is 0 Å². The molecule has 1 aliphatic rings. The van der Waals surface area contributed by atoms with E-state index in [0.717, 1.165) is 12.0 Å². The summed E-state index contributed by atoms with van der Waals surface area (Å²) in [7, 11) is 0. The molecule has 1 saturated heterocycles. The van der Waals surface area contributed by atoms with E-state index >= 15 is 0 Å². The normalized spacial score (nSPS) is 17.4. The van der Waals surface area contributed by atoms with Crippen molar-refractivity contribution in [2.24, 2.45) is 0 Å². The minimum absolute atomic E-state index is 0.0142. The number of benzene rings is 1. The van der Waals surface area contributed by atoms with Gasteiger partial charge in [-0.05, 0) is 12.5 Å². The van der Waals surface area contributed by atoms with Gasteiger partial charge >= 0.3 is 0 Å². The van der Waals surface area contributed by atoms with E-state index in [-0.39, 0.29) is 23.6 Å². The topological polar surface area (TPSA) is 66.7 Å². The molecule has 1 aromatic heterocycles. The number of carbonyl (C=O) groups is 2. The molecule has 0 spiro atoms. The van der Waals surface area contributed by atoms with Crippen LogP contribution in [0.5, 0.6) is 0 Å². The minimum Gasteiger partial charge on any atom is -0.350 e. The number of nitrogens with zero attached hydrogens (tertiary/aromatic N) is 3. The number of hydrogen-bond acceptors (Lipinski definition) is 4. The Morgan fingerprint density at radius 1 is 1.32 bits per heavy atom. The Hall–Kier alpha value is -2.89. The molecule has 0 unspecified atom stereocenters. The van der Waals surface area contributed by atoms with Crippen molar-refractivity contribution in [2.45, 2.75) is 19.4 Å². The zero-order chi connectivity index (χ0) is 17.8. The molecule has 0 saturated carbocycles. The van der Waals surface area contributed by atoms with Gasteiger partial charge in [-0.15, -0.1) is 0 Å². The maximum absolute atomic E-state index is 12.7. The molecule has 2 heterocycles. The van der Waals surface area contributed by atoms with E-state index in [1.807, 2.05) is 37.3 Å². The molecule has 0 radical (unpaired) electrons. The van der Waals surface area contributed by atoms with Crippen molar-refractivity contribution in [2.75, 3.05) is 19.6 Å². The van der Waals surface area contributed by atoms with Crippen molar-refractivity contribution < 1.29 is 14.1 Å². The van der Waals surface area contributed by atoms with E-state index < -0.39 is 0 Å². The average molecular weight is 339 g/mol. The maximum atomic E-state index is 12.7. The first-order valence-electron chi connectivity index (χ1n) is 8.38. The molecule has 6 nitrogen and oxygen atoms in total. The molecule has 0 aliphatic carbocycles. The second kappa shape index (κ2) is 7.34. The fourth-order valence-corrected chi connectivity index (χ4v) is 3.07. The first-order valence-corrected chi connectivity index (χ1v) is 8.38. The van der Waals surface area contributed by atoms with Crippen molar-refractivity contribution in [3.8, 4) is 11.3 Å². The lowest BCUT2D eigenvalue weighted by Gasteiger charge is -2.40. The fraction of sp³-hybridized carbons (Fsp3) is 0.316. The predicted molar refractivity (Wildman–Crippen MR) is 93.8 cm³/mol. The number of hydrogen-bond donors (Lipinski definition) is 0. The molecule has 130 valence electrons. The van der Waals surface area contributed by atoms with Crippen LogP contribution < -0.4 is 0 Å². The van der Waals surface area contributed by atoms with Crippen molar-refractivity contribution in [1.29, 1.82) is 0 Å². The molecule has 1 fully saturated rings. The van der Waals surface area contributed by atoms with Crippen LogP contribution in [0, 0.1) is 0 Å². The highest BCUT2D eigenvalue weighted by atomic mass is 16.5. The Morgan fingerprint density at radius 2 is 2.08 bits per heavy atom. The van der Waals surface area contributed by atoms with Crippen LogP contribution in [-0.2, 0) is 4.79 Å². The van der Waals surface area contributed by atoms with Crippen LogP contribution in [0.3, 0.4) is 0 Å². The second-order valence-corrected chi connectivity index (χ2v) is 5.99. The molecule has 2 amide bonds. The summed E-state index contributed by atoms with van der Waals surface area (Å²) in [6, 6.07) is 11.2. The highest BCUT2D eigenvalue weighted by Gasteiger charge is 2.32. The monoisotopic (exact) mass is 339 g/mol. The summed E-state index contributed by atoms with van der Waals surface area (Å²) < 4.78 is 5.26. The lowest BCUT2D eigenvalue weighted by molar-refractivity contribution is -0.130. The zero-order valence-electron chi connectivity index (χ0n) is 14.2. The van der Waals surface area contributed by atoms with Crippen LogP contribution in [-0.4, -0.2) is 52.4 Å². The molecule has 6 heteroatoms. The minimum atomic E-state index is -0.196. The maximum Gasteiger partial charge on any atom is 0.292 e. The average Bonchev–Trinajstić information content (AvgIpc) is 3.17. The molecule has 1 aliphatic heterocycles. The first-order chi connectivity index (χ1) is 12.1. The van der Waals surface area contributed by atoms with E-state index in [1.54, 1.807) is 15.9 Å². The third kappa shape index (κ3) is 3.47. The third-order valence-electron chi connectivity index (χ3n) is 4.49. The summed E-state index contributed by atoms with van der Waals surface area (Å²) in [5.74, 6) is -0.0685. The highest BCUT2D eigenvalue weighted by Crippen LogP contribution is 2.21. The lowest BCUT2D eigenvalue weighted by Crippen LogP contribution is -2.56. The molecule has 3 rings (SSSR count). The van der Waals surface area contributed by atoms with Gasteiger partial charge in [0.15, 0.2) is 0 Å². The molecule has 25 heavy (non-hydrogen) atoms. The van der Waals surface area contributed by atoms with Gasteiger partial charge in [-0.3, -0.25) is 9.59 Å². The Kier molecular flexibility index (Phi) is 4.97. The number of aromatic nitrogens is 1. The van der Waals surface area contributed by atoms with Crippen LogP contribution in [0.2, 0.25) is 0 Å². The van der Waals surface area contributed by atoms with Crippen LogP contribution in [0.4, 0.5) is 0 Å². The Balaban J connectivity index is 1.73. The van der Waals surface area contributed by atoms with Crippen molar-refractivity contribution in [3.63, 3.8) is 0 Å². The summed E-state index contributed by atoms with van der Waals surface area (Å²) in [5.41, 5.74) is 1.54. The van der Waals surface area contributed by atoms with Gasteiger partial charge in [0.05, 0.1) is 0 Å². The molecule has 1 aromatic carbocycles. The first kappa shape index (κ1) is 17.0. The van der Waals surface area contributed by atoms with Gasteiger partial charge in [0.2, 0.25) is 11.7 Å². The standard InChI is InChI=1S/C19H21N3O3/c1-3-15-13-21(10-11-22(15)18(23)4-2)19(24)17-12-16(20-25-17)14-8-6-5-7-9-14/h4-9,12,15H,2-3,10-11,13H2,1H3/t15-/m0/s1. The molecular formula is C19H21N3O3. The van der Waals surface area contributed by atoms with Gasteiger partial charge in [0.25, 0.3) is 5.91 Å². The van der Waals surface area contributed by atoms with E-state index in [2.05, 4.69) is 11.7 Å². The number of rotatable bonds is 4. The van der Waals surface area contributed by atoms with E-state index in [4.69, 9.17) is 4.52 Å². The number of carbonyl (C=O) groups excluding carboxylic acids is 2. The largest absolute Gasteiger partial charge is 0.350 e. The van der Waals surface area contributed by atoms with E-state index in [1.165, 1.54) is 6.08 Å². The summed E-state index contributed by atoms with van der Waals surface area (Å²) in [6.45, 7) is 6.99. The second-order valence-electron chi connectivity index (χ2n) is 5.99. The SMILES string of the molecule is C=CC(=O)N1CCN(C(=O)c2cc(-c3ccccc3)no2)C[C@@H]1CC. The van der Waals surface area contributed by atoms with Crippen LogP contribution >= 0.6 is 0 Å².